The van der Waals surface area contributed by atoms with Crippen LogP contribution in [-0.4, -0.2) is 27.1 Å². The number of halogens is 2. The Balaban J connectivity index is 2.08. The van der Waals surface area contributed by atoms with Crippen LogP contribution in [0.5, 0.6) is 0 Å². The summed E-state index contributed by atoms with van der Waals surface area (Å²) in [5.74, 6) is -0.435. The van der Waals surface area contributed by atoms with E-state index in [1.807, 2.05) is 6.07 Å². The minimum Gasteiger partial charge on any atom is -0.350 e. The van der Waals surface area contributed by atoms with Crippen molar-refractivity contribution in [2.24, 2.45) is 0 Å². The highest BCUT2D eigenvalue weighted by Crippen LogP contribution is 2.20. The molecule has 0 unspecified atom stereocenters. The summed E-state index contributed by atoms with van der Waals surface area (Å²) >= 11 is 11.8. The topological polar surface area (TPSA) is 66.5 Å². The Morgan fingerprint density at radius 1 is 1.08 bits per heavy atom. The van der Waals surface area contributed by atoms with Crippen molar-refractivity contribution >= 4 is 44.8 Å². The van der Waals surface area contributed by atoms with Gasteiger partial charge in [0.25, 0.3) is 0 Å². The van der Waals surface area contributed by atoms with Crippen molar-refractivity contribution in [3.63, 3.8) is 0 Å². The van der Waals surface area contributed by atoms with E-state index in [0.717, 1.165) is 16.1 Å². The van der Waals surface area contributed by atoms with Crippen LogP contribution in [0.4, 0.5) is 5.69 Å². The molecule has 0 fully saturated rings. The van der Waals surface area contributed by atoms with Crippen molar-refractivity contribution in [2.45, 2.75) is 6.54 Å². The molecular formula is C16H16Cl2N2O3S. The van der Waals surface area contributed by atoms with Gasteiger partial charge >= 0.3 is 0 Å². The standard InChI is InChI=1S/C16H16Cl2N2O3S/c1-24(22,23)20(14-8-6-13(17)7-9-14)11-16(21)19-10-12-4-2-3-5-15(12)18/h2-9H,10-11H2,1H3,(H,19,21). The second-order valence-electron chi connectivity index (χ2n) is 5.11. The molecule has 0 aromatic heterocycles. The SMILES string of the molecule is CS(=O)(=O)N(CC(=O)NCc1ccccc1Cl)c1ccc(Cl)cc1. The number of benzene rings is 2. The van der Waals surface area contributed by atoms with Crippen molar-refractivity contribution in [3.8, 4) is 0 Å². The Morgan fingerprint density at radius 2 is 1.71 bits per heavy atom. The molecule has 2 rings (SSSR count). The number of amides is 1. The number of rotatable bonds is 6. The van der Waals surface area contributed by atoms with E-state index >= 15 is 0 Å². The molecule has 128 valence electrons. The second kappa shape index (κ2) is 7.88. The molecule has 2 aromatic rings. The lowest BCUT2D eigenvalue weighted by molar-refractivity contribution is -0.119. The summed E-state index contributed by atoms with van der Waals surface area (Å²) in [5, 5.41) is 3.69. The molecule has 0 radical (unpaired) electrons. The van der Waals surface area contributed by atoms with Crippen LogP contribution in [0.1, 0.15) is 5.56 Å². The molecule has 0 atom stereocenters. The van der Waals surface area contributed by atoms with Crippen molar-refractivity contribution in [1.29, 1.82) is 0 Å². The van der Waals surface area contributed by atoms with Gasteiger partial charge in [-0.15, -0.1) is 0 Å². The van der Waals surface area contributed by atoms with E-state index in [0.29, 0.717) is 15.7 Å². The number of hydrogen-bond donors (Lipinski definition) is 1. The quantitative estimate of drug-likeness (QED) is 0.829. The predicted molar refractivity (Wildman–Crippen MR) is 96.9 cm³/mol. The van der Waals surface area contributed by atoms with Gasteiger partial charge in [-0.1, -0.05) is 41.4 Å². The van der Waals surface area contributed by atoms with E-state index in [2.05, 4.69) is 5.32 Å². The summed E-state index contributed by atoms with van der Waals surface area (Å²) in [6.45, 7) is -0.109. The molecule has 2 aromatic carbocycles. The lowest BCUT2D eigenvalue weighted by Gasteiger charge is -2.22. The zero-order chi connectivity index (χ0) is 17.7. The molecule has 5 nitrogen and oxygen atoms in total. The zero-order valence-corrected chi connectivity index (χ0v) is 15.2. The fourth-order valence-electron chi connectivity index (χ4n) is 2.03. The van der Waals surface area contributed by atoms with Gasteiger partial charge in [0.05, 0.1) is 11.9 Å². The van der Waals surface area contributed by atoms with Crippen molar-refractivity contribution in [2.75, 3.05) is 17.1 Å². The zero-order valence-electron chi connectivity index (χ0n) is 12.9. The first-order valence-corrected chi connectivity index (χ1v) is 9.61. The Bertz CT molecular complexity index is 823. The summed E-state index contributed by atoms with van der Waals surface area (Å²) in [7, 11) is -3.61. The maximum atomic E-state index is 12.1. The molecule has 0 spiro atoms. The average Bonchev–Trinajstić information content (AvgIpc) is 2.52. The fourth-order valence-corrected chi connectivity index (χ4v) is 3.21. The van der Waals surface area contributed by atoms with Gasteiger partial charge in [-0.2, -0.15) is 0 Å². The molecule has 0 aliphatic rings. The van der Waals surface area contributed by atoms with E-state index in [1.54, 1.807) is 42.5 Å². The van der Waals surface area contributed by atoms with Crippen LogP contribution in [0.2, 0.25) is 10.0 Å². The normalized spacial score (nSPS) is 11.1. The molecule has 8 heteroatoms. The van der Waals surface area contributed by atoms with E-state index < -0.39 is 15.9 Å². The molecule has 0 aliphatic carbocycles. The van der Waals surface area contributed by atoms with Gasteiger partial charge in [0.1, 0.15) is 6.54 Å². The Hall–Kier alpha value is -1.76. The maximum absolute atomic E-state index is 12.1. The second-order valence-corrected chi connectivity index (χ2v) is 7.86. The van der Waals surface area contributed by atoms with Crippen molar-refractivity contribution < 1.29 is 13.2 Å². The van der Waals surface area contributed by atoms with Crippen LogP contribution in [0.25, 0.3) is 0 Å². The van der Waals surface area contributed by atoms with Crippen LogP contribution >= 0.6 is 23.2 Å². The molecule has 0 saturated heterocycles. The van der Waals surface area contributed by atoms with Crippen LogP contribution < -0.4 is 9.62 Å². The fraction of sp³-hybridized carbons (Fsp3) is 0.188. The third kappa shape index (κ3) is 5.12. The van der Waals surface area contributed by atoms with Crippen molar-refractivity contribution in [3.05, 3.63) is 64.1 Å². The number of anilines is 1. The third-order valence-electron chi connectivity index (χ3n) is 3.24. The number of nitrogens with one attached hydrogen (secondary N) is 1. The van der Waals surface area contributed by atoms with E-state index in [9.17, 15) is 13.2 Å². The maximum Gasteiger partial charge on any atom is 0.241 e. The Labute approximate surface area is 151 Å². The number of hydrogen-bond acceptors (Lipinski definition) is 3. The minimum absolute atomic E-state index is 0.219. The largest absolute Gasteiger partial charge is 0.350 e. The third-order valence-corrected chi connectivity index (χ3v) is 5.00. The lowest BCUT2D eigenvalue weighted by atomic mass is 10.2. The van der Waals surface area contributed by atoms with Gasteiger partial charge in [0.2, 0.25) is 15.9 Å². The molecule has 1 N–H and O–H groups in total. The monoisotopic (exact) mass is 386 g/mol. The summed E-state index contributed by atoms with van der Waals surface area (Å²) in [5.41, 5.74) is 1.12. The molecular weight excluding hydrogens is 371 g/mol. The molecule has 0 saturated carbocycles. The first kappa shape index (κ1) is 18.6. The van der Waals surface area contributed by atoms with Gasteiger partial charge in [-0.25, -0.2) is 8.42 Å². The van der Waals surface area contributed by atoms with Gasteiger partial charge < -0.3 is 5.32 Å². The minimum atomic E-state index is -3.61. The summed E-state index contributed by atoms with van der Waals surface area (Å²) in [4.78, 5) is 12.1. The Kier molecular flexibility index (Phi) is 6.10. The number of nitrogens with zero attached hydrogens (tertiary/aromatic N) is 1. The van der Waals surface area contributed by atoms with Crippen LogP contribution in [-0.2, 0) is 21.4 Å². The van der Waals surface area contributed by atoms with Crippen LogP contribution in [0.3, 0.4) is 0 Å². The van der Waals surface area contributed by atoms with Crippen molar-refractivity contribution in [1.82, 2.24) is 5.32 Å². The summed E-state index contributed by atoms with van der Waals surface area (Å²) in [6, 6.07) is 13.3. The first-order valence-electron chi connectivity index (χ1n) is 7.01. The molecule has 0 bridgehead atoms. The van der Waals surface area contributed by atoms with E-state index in [-0.39, 0.29) is 13.1 Å². The van der Waals surface area contributed by atoms with E-state index in [4.69, 9.17) is 23.2 Å². The number of sulfonamides is 1. The van der Waals surface area contributed by atoms with Crippen LogP contribution in [0.15, 0.2) is 48.5 Å². The summed E-state index contributed by atoms with van der Waals surface area (Å²) < 4.78 is 25.0. The predicted octanol–water partition coefficient (Wildman–Crippen LogP) is 3.08. The smallest absolute Gasteiger partial charge is 0.241 e. The van der Waals surface area contributed by atoms with Gasteiger partial charge in [-0.05, 0) is 35.9 Å². The van der Waals surface area contributed by atoms with Crippen LogP contribution in [0, 0.1) is 0 Å². The first-order chi connectivity index (χ1) is 11.3. The Morgan fingerprint density at radius 3 is 2.29 bits per heavy atom. The number of carbonyl (C=O) groups is 1. The highest BCUT2D eigenvalue weighted by molar-refractivity contribution is 7.92. The van der Waals surface area contributed by atoms with Gasteiger partial charge in [0.15, 0.2) is 0 Å². The average molecular weight is 387 g/mol. The van der Waals surface area contributed by atoms with Gasteiger partial charge in [0, 0.05) is 16.6 Å². The number of carbonyl (C=O) groups excluding carboxylic acids is 1. The lowest BCUT2D eigenvalue weighted by Crippen LogP contribution is -2.40. The highest BCUT2D eigenvalue weighted by Gasteiger charge is 2.20. The van der Waals surface area contributed by atoms with Gasteiger partial charge in [-0.3, -0.25) is 9.10 Å². The molecule has 24 heavy (non-hydrogen) atoms. The highest BCUT2D eigenvalue weighted by atomic mass is 35.5. The van der Waals surface area contributed by atoms with E-state index in [1.165, 1.54) is 0 Å². The molecule has 0 aliphatic heterocycles. The molecule has 1 amide bonds. The summed E-state index contributed by atoms with van der Waals surface area (Å²) in [6.07, 6.45) is 1.04. The molecule has 0 heterocycles.